The van der Waals surface area contributed by atoms with Crippen molar-refractivity contribution in [3.8, 4) is 0 Å². The van der Waals surface area contributed by atoms with E-state index in [1.165, 1.54) is 25.5 Å². The van der Waals surface area contributed by atoms with Gasteiger partial charge in [0.2, 0.25) is 0 Å². The third kappa shape index (κ3) is 6.32. The second-order valence-corrected chi connectivity index (χ2v) is 4.37. The number of allylic oxidation sites excluding steroid dienone is 1. The van der Waals surface area contributed by atoms with Crippen LogP contribution in [0.2, 0.25) is 0 Å². The predicted molar refractivity (Wildman–Crippen MR) is 63.7 cm³/mol. The lowest BCUT2D eigenvalue weighted by Gasteiger charge is -2.10. The molecule has 1 unspecified atom stereocenters. The first kappa shape index (κ1) is 14.2. The van der Waals surface area contributed by atoms with Crippen LogP contribution in [0, 0.1) is 5.92 Å². The van der Waals surface area contributed by atoms with Crippen LogP contribution in [0.15, 0.2) is 11.1 Å². The quantitative estimate of drug-likeness (QED) is 0.495. The van der Waals surface area contributed by atoms with Crippen molar-refractivity contribution in [3.63, 3.8) is 0 Å². The fourth-order valence-electron chi connectivity index (χ4n) is 1.32. The molecule has 0 aliphatic heterocycles. The van der Waals surface area contributed by atoms with Gasteiger partial charge in [0.05, 0.1) is 13.5 Å². The molecule has 0 radical (unpaired) electrons. The average molecular weight is 212 g/mol. The number of rotatable bonds is 6. The molecule has 0 heterocycles. The van der Waals surface area contributed by atoms with Crippen LogP contribution in [0.4, 0.5) is 0 Å². The summed E-state index contributed by atoms with van der Waals surface area (Å²) in [7, 11) is 1.43. The zero-order valence-corrected chi connectivity index (χ0v) is 10.7. The maximum absolute atomic E-state index is 11.1. The molecule has 0 amide bonds. The van der Waals surface area contributed by atoms with Gasteiger partial charge >= 0.3 is 5.97 Å². The second kappa shape index (κ2) is 7.49. The summed E-state index contributed by atoms with van der Waals surface area (Å²) in [6.07, 6.45) is 3.96. The smallest absolute Gasteiger partial charge is 0.309 e. The standard InChI is InChI=1S/C13H24O2/c1-6-10(2)7-8-11(3)12(4)9-13(14)15-5/h10H,6-9H2,1-5H3/b12-11-. The highest BCUT2D eigenvalue weighted by Crippen LogP contribution is 2.18. The van der Waals surface area contributed by atoms with Gasteiger partial charge in [0.15, 0.2) is 0 Å². The summed E-state index contributed by atoms with van der Waals surface area (Å²) in [5, 5.41) is 0. The van der Waals surface area contributed by atoms with Crippen molar-refractivity contribution in [3.05, 3.63) is 11.1 Å². The van der Waals surface area contributed by atoms with Crippen LogP contribution in [-0.4, -0.2) is 13.1 Å². The maximum atomic E-state index is 11.1. The van der Waals surface area contributed by atoms with E-state index in [4.69, 9.17) is 0 Å². The first-order chi connectivity index (χ1) is 7.01. The molecule has 88 valence electrons. The number of carbonyl (C=O) groups is 1. The lowest BCUT2D eigenvalue weighted by atomic mass is 9.96. The molecule has 0 N–H and O–H groups in total. The van der Waals surface area contributed by atoms with Crippen LogP contribution in [0.5, 0.6) is 0 Å². The summed E-state index contributed by atoms with van der Waals surface area (Å²) in [5.41, 5.74) is 2.49. The summed E-state index contributed by atoms with van der Waals surface area (Å²) < 4.78 is 4.64. The van der Waals surface area contributed by atoms with Gasteiger partial charge in [-0.3, -0.25) is 4.79 Å². The van der Waals surface area contributed by atoms with Crippen molar-refractivity contribution in [2.24, 2.45) is 5.92 Å². The Morgan fingerprint density at radius 2 is 1.87 bits per heavy atom. The minimum Gasteiger partial charge on any atom is -0.469 e. The fraction of sp³-hybridized carbons (Fsp3) is 0.769. The van der Waals surface area contributed by atoms with Crippen molar-refractivity contribution < 1.29 is 9.53 Å². The first-order valence-electron chi connectivity index (χ1n) is 5.73. The molecular weight excluding hydrogens is 188 g/mol. The Morgan fingerprint density at radius 3 is 2.33 bits per heavy atom. The third-order valence-electron chi connectivity index (χ3n) is 3.07. The molecule has 15 heavy (non-hydrogen) atoms. The molecule has 2 nitrogen and oxygen atoms in total. The Labute approximate surface area is 93.7 Å². The highest BCUT2D eigenvalue weighted by atomic mass is 16.5. The molecule has 0 aromatic heterocycles. The van der Waals surface area contributed by atoms with Crippen LogP contribution < -0.4 is 0 Å². The molecule has 0 saturated carbocycles. The molecule has 0 bridgehead atoms. The van der Waals surface area contributed by atoms with Crippen LogP contribution in [0.3, 0.4) is 0 Å². The van der Waals surface area contributed by atoms with E-state index in [-0.39, 0.29) is 5.97 Å². The highest BCUT2D eigenvalue weighted by Gasteiger charge is 2.06. The fourth-order valence-corrected chi connectivity index (χ4v) is 1.32. The summed E-state index contributed by atoms with van der Waals surface area (Å²) >= 11 is 0. The molecule has 0 aromatic carbocycles. The van der Waals surface area contributed by atoms with Crippen molar-refractivity contribution in [2.45, 2.75) is 53.4 Å². The van der Waals surface area contributed by atoms with Crippen LogP contribution in [-0.2, 0) is 9.53 Å². The predicted octanol–water partition coefficient (Wildman–Crippen LogP) is 3.71. The Kier molecular flexibility index (Phi) is 7.10. The molecule has 0 aliphatic carbocycles. The van der Waals surface area contributed by atoms with Gasteiger partial charge in [-0.05, 0) is 32.6 Å². The molecule has 0 aliphatic rings. The number of hydrogen-bond donors (Lipinski definition) is 0. The van der Waals surface area contributed by atoms with Gasteiger partial charge in [0.25, 0.3) is 0 Å². The average Bonchev–Trinajstić information content (AvgIpc) is 2.24. The molecule has 0 spiro atoms. The number of hydrogen-bond acceptors (Lipinski definition) is 2. The van der Waals surface area contributed by atoms with E-state index in [0.717, 1.165) is 17.9 Å². The van der Waals surface area contributed by atoms with Gasteiger partial charge in [-0.2, -0.15) is 0 Å². The van der Waals surface area contributed by atoms with Crippen LogP contribution >= 0.6 is 0 Å². The topological polar surface area (TPSA) is 26.3 Å². The van der Waals surface area contributed by atoms with Crippen LogP contribution in [0.1, 0.15) is 53.4 Å². The minimum atomic E-state index is -0.143. The van der Waals surface area contributed by atoms with Crippen molar-refractivity contribution >= 4 is 5.97 Å². The van der Waals surface area contributed by atoms with Gasteiger partial charge in [0.1, 0.15) is 0 Å². The van der Waals surface area contributed by atoms with Gasteiger partial charge in [-0.15, -0.1) is 0 Å². The monoisotopic (exact) mass is 212 g/mol. The van der Waals surface area contributed by atoms with Gasteiger partial charge in [0, 0.05) is 0 Å². The molecule has 0 rings (SSSR count). The van der Waals surface area contributed by atoms with E-state index in [9.17, 15) is 4.79 Å². The largest absolute Gasteiger partial charge is 0.469 e. The Morgan fingerprint density at radius 1 is 1.27 bits per heavy atom. The molecule has 0 aromatic rings. The van der Waals surface area contributed by atoms with E-state index in [0.29, 0.717) is 6.42 Å². The first-order valence-corrected chi connectivity index (χ1v) is 5.73. The Balaban J connectivity index is 4.08. The van der Waals surface area contributed by atoms with E-state index in [2.05, 4.69) is 25.5 Å². The minimum absolute atomic E-state index is 0.143. The summed E-state index contributed by atoms with van der Waals surface area (Å²) in [5.74, 6) is 0.626. The third-order valence-corrected chi connectivity index (χ3v) is 3.07. The van der Waals surface area contributed by atoms with E-state index in [1.54, 1.807) is 0 Å². The molecule has 1 atom stereocenters. The number of carbonyl (C=O) groups excluding carboxylic acids is 1. The summed E-state index contributed by atoms with van der Waals surface area (Å²) in [6.45, 7) is 8.61. The van der Waals surface area contributed by atoms with Crippen molar-refractivity contribution in [1.29, 1.82) is 0 Å². The zero-order valence-electron chi connectivity index (χ0n) is 10.7. The normalized spacial score (nSPS) is 14.5. The van der Waals surface area contributed by atoms with E-state index in [1.807, 2.05) is 6.92 Å². The zero-order chi connectivity index (χ0) is 11.8. The number of ether oxygens (including phenoxy) is 1. The van der Waals surface area contributed by atoms with E-state index >= 15 is 0 Å². The van der Waals surface area contributed by atoms with Crippen molar-refractivity contribution in [2.75, 3.05) is 7.11 Å². The SMILES string of the molecule is CCC(C)CC/C(C)=C(/C)CC(=O)OC. The second-order valence-electron chi connectivity index (χ2n) is 4.37. The number of esters is 1. The van der Waals surface area contributed by atoms with Gasteiger partial charge < -0.3 is 4.74 Å². The molecular formula is C13H24O2. The lowest BCUT2D eigenvalue weighted by molar-refractivity contribution is -0.139. The number of methoxy groups -OCH3 is 1. The Hall–Kier alpha value is -0.790. The maximum Gasteiger partial charge on any atom is 0.309 e. The Bertz CT molecular complexity index is 229. The van der Waals surface area contributed by atoms with Gasteiger partial charge in [-0.1, -0.05) is 31.4 Å². The molecule has 0 saturated heterocycles. The molecule has 2 heteroatoms. The van der Waals surface area contributed by atoms with Gasteiger partial charge in [-0.25, -0.2) is 0 Å². The highest BCUT2D eigenvalue weighted by molar-refractivity contribution is 5.72. The molecule has 0 fully saturated rings. The lowest BCUT2D eigenvalue weighted by Crippen LogP contribution is -2.02. The summed E-state index contributed by atoms with van der Waals surface area (Å²) in [6, 6.07) is 0. The van der Waals surface area contributed by atoms with Crippen molar-refractivity contribution in [1.82, 2.24) is 0 Å². The van der Waals surface area contributed by atoms with Crippen LogP contribution in [0.25, 0.3) is 0 Å². The van der Waals surface area contributed by atoms with E-state index < -0.39 is 0 Å². The summed E-state index contributed by atoms with van der Waals surface area (Å²) in [4.78, 5) is 11.1.